The van der Waals surface area contributed by atoms with Gasteiger partial charge in [0, 0.05) is 18.3 Å². The summed E-state index contributed by atoms with van der Waals surface area (Å²) in [5.41, 5.74) is 5.51. The number of anilines is 1. The van der Waals surface area contributed by atoms with E-state index >= 15 is 0 Å². The maximum absolute atomic E-state index is 13.6. The zero-order chi connectivity index (χ0) is 32.2. The number of rotatable bonds is 14. The summed E-state index contributed by atoms with van der Waals surface area (Å²) in [6.07, 6.45) is 1.41. The predicted molar refractivity (Wildman–Crippen MR) is 171 cm³/mol. The molecule has 45 heavy (non-hydrogen) atoms. The first-order valence-electron chi connectivity index (χ1n) is 13.9. The van der Waals surface area contributed by atoms with E-state index in [1.165, 1.54) is 38.6 Å². The highest BCUT2D eigenvalue weighted by Gasteiger charge is 2.28. The minimum absolute atomic E-state index is 0.0425. The van der Waals surface area contributed by atoms with Gasteiger partial charge in [-0.25, -0.2) is 13.8 Å². The third-order valence-corrected chi connectivity index (χ3v) is 8.29. The molecule has 234 valence electrons. The molecule has 0 radical (unpaired) electrons. The van der Waals surface area contributed by atoms with Gasteiger partial charge < -0.3 is 19.5 Å². The van der Waals surface area contributed by atoms with Gasteiger partial charge in [-0.2, -0.15) is 9.41 Å². The number of amides is 2. The topological polar surface area (TPSA) is 136 Å². The van der Waals surface area contributed by atoms with Gasteiger partial charge in [0.25, 0.3) is 11.8 Å². The van der Waals surface area contributed by atoms with Crippen LogP contribution in [0.3, 0.4) is 0 Å². The van der Waals surface area contributed by atoms with Crippen molar-refractivity contribution in [3.8, 4) is 17.2 Å². The molecule has 0 saturated heterocycles. The standard InChI is InChI=1S/C33H34N4O7S/c1-24-9-13-27(14-10-24)35-33(39)23-44-28-15-11-25(12-16-28)20-34-36-32(38)22-37(21-26-7-5-4-6-8-26)45(40,41)29-17-18-30(42-2)31(19-29)43-3/h4-20H,21-23H2,1-3H3,(H,35,39)(H,36,38)/b34-20+. The van der Waals surface area contributed by atoms with Crippen LogP contribution in [0, 0.1) is 6.92 Å². The van der Waals surface area contributed by atoms with E-state index in [1.807, 2.05) is 37.3 Å². The molecule has 2 N–H and O–H groups in total. The van der Waals surface area contributed by atoms with Crippen LogP contribution in [0.5, 0.6) is 17.2 Å². The number of hydrazone groups is 1. The Kier molecular flexibility index (Phi) is 11.3. The highest BCUT2D eigenvalue weighted by atomic mass is 32.2. The van der Waals surface area contributed by atoms with Crippen LogP contribution in [0.15, 0.2) is 107 Å². The van der Waals surface area contributed by atoms with Gasteiger partial charge >= 0.3 is 0 Å². The number of hydrogen-bond donors (Lipinski definition) is 2. The Hall–Kier alpha value is -5.20. The summed E-state index contributed by atoms with van der Waals surface area (Å²) in [6.45, 7) is 1.27. The maximum atomic E-state index is 13.6. The van der Waals surface area contributed by atoms with Crippen LogP contribution >= 0.6 is 0 Å². The first-order chi connectivity index (χ1) is 21.7. The van der Waals surface area contributed by atoms with Crippen LogP contribution in [-0.2, 0) is 26.2 Å². The minimum atomic E-state index is -4.12. The second-order valence-corrected chi connectivity index (χ2v) is 11.8. The third-order valence-electron chi connectivity index (χ3n) is 6.50. The lowest BCUT2D eigenvalue weighted by Gasteiger charge is -2.22. The molecule has 0 bridgehead atoms. The average molecular weight is 631 g/mol. The lowest BCUT2D eigenvalue weighted by atomic mass is 10.2. The molecule has 0 saturated carbocycles. The van der Waals surface area contributed by atoms with Crippen molar-refractivity contribution in [3.63, 3.8) is 0 Å². The minimum Gasteiger partial charge on any atom is -0.493 e. The Balaban J connectivity index is 1.36. The van der Waals surface area contributed by atoms with E-state index in [4.69, 9.17) is 14.2 Å². The Bertz CT molecular complexity index is 1730. The molecule has 11 nitrogen and oxygen atoms in total. The van der Waals surface area contributed by atoms with E-state index in [1.54, 1.807) is 48.5 Å². The molecule has 0 unspecified atom stereocenters. The fraction of sp³-hybridized carbons (Fsp3) is 0.182. The number of sulfonamides is 1. The zero-order valence-electron chi connectivity index (χ0n) is 25.1. The van der Waals surface area contributed by atoms with Crippen molar-refractivity contribution in [3.05, 3.63) is 114 Å². The van der Waals surface area contributed by atoms with Crippen molar-refractivity contribution in [1.82, 2.24) is 9.73 Å². The molecular weight excluding hydrogens is 596 g/mol. The average Bonchev–Trinajstić information content (AvgIpc) is 3.05. The summed E-state index contributed by atoms with van der Waals surface area (Å²) in [7, 11) is -1.26. The van der Waals surface area contributed by atoms with Crippen LogP contribution in [0.1, 0.15) is 16.7 Å². The van der Waals surface area contributed by atoms with Crippen LogP contribution < -0.4 is 25.0 Å². The molecule has 12 heteroatoms. The zero-order valence-corrected chi connectivity index (χ0v) is 25.9. The number of methoxy groups -OCH3 is 2. The molecule has 0 atom stereocenters. The Morgan fingerprint density at radius 1 is 0.844 bits per heavy atom. The highest BCUT2D eigenvalue weighted by molar-refractivity contribution is 7.89. The normalized spacial score (nSPS) is 11.3. The Labute approximate surface area is 262 Å². The molecule has 4 aromatic carbocycles. The number of benzene rings is 4. The molecule has 4 rings (SSSR count). The van der Waals surface area contributed by atoms with Gasteiger partial charge in [0.2, 0.25) is 10.0 Å². The lowest BCUT2D eigenvalue weighted by Crippen LogP contribution is -2.39. The molecule has 2 amide bonds. The Morgan fingerprint density at radius 2 is 1.53 bits per heavy atom. The van der Waals surface area contributed by atoms with Gasteiger partial charge in [-0.05, 0) is 66.6 Å². The fourth-order valence-corrected chi connectivity index (χ4v) is 5.55. The Morgan fingerprint density at radius 3 is 2.20 bits per heavy atom. The first-order valence-corrected chi connectivity index (χ1v) is 15.3. The second-order valence-electron chi connectivity index (χ2n) is 9.84. The molecular formula is C33H34N4O7S. The molecule has 0 heterocycles. The summed E-state index contributed by atoms with van der Waals surface area (Å²) >= 11 is 0. The van der Waals surface area contributed by atoms with Crippen LogP contribution in [0.4, 0.5) is 5.69 Å². The van der Waals surface area contributed by atoms with Gasteiger partial charge in [0.1, 0.15) is 5.75 Å². The smallest absolute Gasteiger partial charge is 0.262 e. The van der Waals surface area contributed by atoms with E-state index in [0.29, 0.717) is 28.3 Å². The van der Waals surface area contributed by atoms with E-state index in [9.17, 15) is 18.0 Å². The predicted octanol–water partition coefficient (Wildman–Crippen LogP) is 4.37. The van der Waals surface area contributed by atoms with E-state index < -0.39 is 22.5 Å². The van der Waals surface area contributed by atoms with Gasteiger partial charge in [-0.15, -0.1) is 0 Å². The van der Waals surface area contributed by atoms with Crippen LogP contribution in [0.25, 0.3) is 0 Å². The summed E-state index contributed by atoms with van der Waals surface area (Å²) < 4.78 is 44.4. The molecule has 0 aliphatic rings. The summed E-state index contributed by atoms with van der Waals surface area (Å²) in [4.78, 5) is 25.0. The van der Waals surface area contributed by atoms with E-state index in [0.717, 1.165) is 9.87 Å². The summed E-state index contributed by atoms with van der Waals surface area (Å²) in [5.74, 6) is 0.176. The monoisotopic (exact) mass is 630 g/mol. The van der Waals surface area contributed by atoms with Gasteiger partial charge in [0.05, 0.1) is 31.9 Å². The molecule has 0 aliphatic carbocycles. The van der Waals surface area contributed by atoms with Crippen molar-refractivity contribution in [2.24, 2.45) is 5.10 Å². The fourth-order valence-electron chi connectivity index (χ4n) is 4.15. The highest BCUT2D eigenvalue weighted by Crippen LogP contribution is 2.31. The number of carbonyl (C=O) groups is 2. The number of nitrogens with one attached hydrogen (secondary N) is 2. The van der Waals surface area contributed by atoms with Crippen molar-refractivity contribution in [2.45, 2.75) is 18.4 Å². The van der Waals surface area contributed by atoms with E-state index in [-0.39, 0.29) is 29.7 Å². The van der Waals surface area contributed by atoms with Crippen LogP contribution in [-0.4, -0.2) is 58.1 Å². The van der Waals surface area contributed by atoms with Gasteiger partial charge in [-0.3, -0.25) is 9.59 Å². The largest absolute Gasteiger partial charge is 0.493 e. The van der Waals surface area contributed by atoms with Gasteiger partial charge in [0.15, 0.2) is 18.1 Å². The van der Waals surface area contributed by atoms with Crippen molar-refractivity contribution in [2.75, 3.05) is 32.7 Å². The number of nitrogens with zero attached hydrogens (tertiary/aromatic N) is 2. The maximum Gasteiger partial charge on any atom is 0.262 e. The molecule has 0 spiro atoms. The number of ether oxygens (including phenoxy) is 3. The SMILES string of the molecule is COc1ccc(S(=O)(=O)N(CC(=O)N/N=C/c2ccc(OCC(=O)Nc3ccc(C)cc3)cc2)Cc2ccccc2)cc1OC. The molecule has 0 aliphatic heterocycles. The summed E-state index contributed by atoms with van der Waals surface area (Å²) in [6, 6.07) is 27.4. The number of carbonyl (C=O) groups excluding carboxylic acids is 2. The molecule has 0 fully saturated rings. The number of aryl methyl sites for hydroxylation is 1. The lowest BCUT2D eigenvalue weighted by molar-refractivity contribution is -0.121. The number of hydrogen-bond acceptors (Lipinski definition) is 8. The van der Waals surface area contributed by atoms with Crippen molar-refractivity contribution in [1.29, 1.82) is 0 Å². The van der Waals surface area contributed by atoms with Crippen LogP contribution in [0.2, 0.25) is 0 Å². The van der Waals surface area contributed by atoms with Gasteiger partial charge in [-0.1, -0.05) is 48.0 Å². The second kappa shape index (κ2) is 15.5. The molecule has 4 aromatic rings. The quantitative estimate of drug-likeness (QED) is 0.156. The third kappa shape index (κ3) is 9.39. The van der Waals surface area contributed by atoms with Crippen molar-refractivity contribution < 1.29 is 32.2 Å². The van der Waals surface area contributed by atoms with Crippen molar-refractivity contribution >= 4 is 33.7 Å². The van der Waals surface area contributed by atoms with E-state index in [2.05, 4.69) is 15.8 Å². The first kappa shape index (κ1) is 32.7. The molecule has 0 aromatic heterocycles. The summed E-state index contributed by atoms with van der Waals surface area (Å²) in [5, 5.41) is 6.74.